The van der Waals surface area contributed by atoms with Gasteiger partial charge in [0.2, 0.25) is 15.9 Å². The molecule has 0 aromatic carbocycles. The zero-order valence-electron chi connectivity index (χ0n) is 16.3. The largest absolute Gasteiger partial charge is 0.475 e. The van der Waals surface area contributed by atoms with Crippen molar-refractivity contribution < 1.29 is 17.9 Å². The summed E-state index contributed by atoms with van der Waals surface area (Å²) in [6, 6.07) is 3.35. The summed E-state index contributed by atoms with van der Waals surface area (Å²) in [5.74, 6) is 0.306. The van der Waals surface area contributed by atoms with Crippen LogP contribution in [0, 0.1) is 0 Å². The Labute approximate surface area is 165 Å². The molecule has 0 atom stereocenters. The molecule has 1 saturated heterocycles. The third kappa shape index (κ3) is 4.50. The highest BCUT2D eigenvalue weighted by molar-refractivity contribution is 7.89. The first-order valence-corrected chi connectivity index (χ1v) is 10.6. The number of pyridine rings is 1. The van der Waals surface area contributed by atoms with Crippen molar-refractivity contribution in [3.63, 3.8) is 0 Å². The molecule has 1 amide bonds. The van der Waals surface area contributed by atoms with Gasteiger partial charge in [0.1, 0.15) is 4.90 Å². The van der Waals surface area contributed by atoms with Crippen molar-refractivity contribution in [2.45, 2.75) is 31.3 Å². The van der Waals surface area contributed by atoms with Crippen LogP contribution in [-0.4, -0.2) is 70.6 Å². The maximum Gasteiger partial charge on any atom is 0.255 e. The lowest BCUT2D eigenvalue weighted by Gasteiger charge is -2.21. The fraction of sp³-hybridized carbons (Fsp3) is 0.500. The predicted molar refractivity (Wildman–Crippen MR) is 102 cm³/mol. The molecule has 3 heterocycles. The van der Waals surface area contributed by atoms with Gasteiger partial charge in [-0.3, -0.25) is 9.48 Å². The molecule has 2 aromatic heterocycles. The van der Waals surface area contributed by atoms with E-state index in [1.165, 1.54) is 27.6 Å². The molecule has 28 heavy (non-hydrogen) atoms. The number of carbonyl (C=O) groups excluding carboxylic acids is 1. The van der Waals surface area contributed by atoms with Crippen molar-refractivity contribution in [1.29, 1.82) is 0 Å². The van der Waals surface area contributed by atoms with Crippen molar-refractivity contribution >= 4 is 15.9 Å². The van der Waals surface area contributed by atoms with Gasteiger partial charge in [-0.25, -0.2) is 13.4 Å². The van der Waals surface area contributed by atoms with Gasteiger partial charge in [-0.15, -0.1) is 0 Å². The maximum atomic E-state index is 12.8. The van der Waals surface area contributed by atoms with Crippen molar-refractivity contribution in [2.24, 2.45) is 7.05 Å². The normalized spacial score (nSPS) is 16.2. The number of amides is 1. The molecule has 1 aliphatic rings. The highest BCUT2D eigenvalue weighted by atomic mass is 32.2. The summed E-state index contributed by atoms with van der Waals surface area (Å²) in [4.78, 5) is 18.8. The molecule has 0 saturated carbocycles. The molecule has 2 aromatic rings. The standard InChI is InChI=1S/C18H25N5O4S/c1-14(2)27-17-6-5-15(11-19-17)18(24)22-7-4-8-23(10-9-22)28(25,26)16-12-20-21(3)13-16/h5-6,11-14H,4,7-10H2,1-3H3. The molecule has 0 N–H and O–H groups in total. The minimum atomic E-state index is -3.61. The summed E-state index contributed by atoms with van der Waals surface area (Å²) in [5, 5.41) is 3.94. The zero-order chi connectivity index (χ0) is 20.3. The van der Waals surface area contributed by atoms with Gasteiger partial charge >= 0.3 is 0 Å². The second kappa shape index (κ2) is 8.27. The Morgan fingerprint density at radius 3 is 2.54 bits per heavy atom. The maximum absolute atomic E-state index is 12.8. The summed E-state index contributed by atoms with van der Waals surface area (Å²) >= 11 is 0. The summed E-state index contributed by atoms with van der Waals surface area (Å²) < 4.78 is 33.9. The lowest BCUT2D eigenvalue weighted by atomic mass is 10.2. The summed E-state index contributed by atoms with van der Waals surface area (Å²) in [5.41, 5.74) is 0.458. The highest BCUT2D eigenvalue weighted by Gasteiger charge is 2.29. The molecule has 10 heteroatoms. The van der Waals surface area contributed by atoms with Crippen molar-refractivity contribution in [1.82, 2.24) is 24.0 Å². The molecular weight excluding hydrogens is 382 g/mol. The van der Waals surface area contributed by atoms with Crippen LogP contribution < -0.4 is 4.74 Å². The topological polar surface area (TPSA) is 97.6 Å². The lowest BCUT2D eigenvalue weighted by molar-refractivity contribution is 0.0763. The molecule has 152 valence electrons. The Balaban J connectivity index is 1.67. The molecule has 9 nitrogen and oxygen atoms in total. The van der Waals surface area contributed by atoms with E-state index in [2.05, 4.69) is 10.1 Å². The average Bonchev–Trinajstić information content (AvgIpc) is 2.94. The Hall–Kier alpha value is -2.46. The molecule has 1 aliphatic heterocycles. The van der Waals surface area contributed by atoms with E-state index in [9.17, 15) is 13.2 Å². The lowest BCUT2D eigenvalue weighted by Crippen LogP contribution is -2.37. The molecule has 0 bridgehead atoms. The van der Waals surface area contributed by atoms with Crippen LogP contribution in [-0.2, 0) is 17.1 Å². The Morgan fingerprint density at radius 2 is 1.93 bits per heavy atom. The number of hydrogen-bond donors (Lipinski definition) is 0. The van der Waals surface area contributed by atoms with E-state index in [0.717, 1.165) is 0 Å². The van der Waals surface area contributed by atoms with Crippen LogP contribution in [0.4, 0.5) is 0 Å². The Morgan fingerprint density at radius 1 is 1.14 bits per heavy atom. The van der Waals surface area contributed by atoms with Gasteiger partial charge in [0.05, 0.1) is 17.9 Å². The first kappa shape index (κ1) is 20.3. The third-order valence-corrected chi connectivity index (χ3v) is 6.25. The molecule has 3 rings (SSSR count). The first-order chi connectivity index (χ1) is 13.3. The minimum Gasteiger partial charge on any atom is -0.475 e. The van der Waals surface area contributed by atoms with Gasteiger partial charge in [0, 0.05) is 51.7 Å². The van der Waals surface area contributed by atoms with Crippen molar-refractivity contribution in [3.8, 4) is 5.88 Å². The third-order valence-electron chi connectivity index (χ3n) is 4.40. The second-order valence-electron chi connectivity index (χ2n) is 6.95. The SMILES string of the molecule is CC(C)Oc1ccc(C(=O)N2CCCN(S(=O)(=O)c3cnn(C)c3)CC2)cn1. The molecule has 0 spiro atoms. The number of sulfonamides is 1. The summed E-state index contributed by atoms with van der Waals surface area (Å²) in [6.07, 6.45) is 4.89. The smallest absolute Gasteiger partial charge is 0.255 e. The van der Waals surface area contributed by atoms with Gasteiger partial charge in [0.25, 0.3) is 5.91 Å². The summed E-state index contributed by atoms with van der Waals surface area (Å²) in [6.45, 7) is 5.22. The fourth-order valence-electron chi connectivity index (χ4n) is 3.02. The molecule has 0 aliphatic carbocycles. The van der Waals surface area contributed by atoms with Crippen LogP contribution in [0.3, 0.4) is 0 Å². The van der Waals surface area contributed by atoms with Crippen LogP contribution >= 0.6 is 0 Å². The van der Waals surface area contributed by atoms with Gasteiger partial charge in [-0.05, 0) is 26.3 Å². The van der Waals surface area contributed by atoms with Crippen LogP contribution in [0.15, 0.2) is 35.6 Å². The van der Waals surface area contributed by atoms with E-state index in [-0.39, 0.29) is 23.5 Å². The van der Waals surface area contributed by atoms with Crippen LogP contribution in [0.25, 0.3) is 0 Å². The van der Waals surface area contributed by atoms with E-state index in [0.29, 0.717) is 37.5 Å². The first-order valence-electron chi connectivity index (χ1n) is 9.18. The average molecular weight is 407 g/mol. The van der Waals surface area contributed by atoms with Crippen molar-refractivity contribution in [3.05, 3.63) is 36.3 Å². The van der Waals surface area contributed by atoms with Crippen LogP contribution in [0.1, 0.15) is 30.6 Å². The number of carbonyl (C=O) groups is 1. The van der Waals surface area contributed by atoms with E-state index >= 15 is 0 Å². The number of rotatable bonds is 5. The molecule has 0 radical (unpaired) electrons. The number of aryl methyl sites for hydroxylation is 1. The van der Waals surface area contributed by atoms with Gasteiger partial charge in [-0.2, -0.15) is 9.40 Å². The number of nitrogens with zero attached hydrogens (tertiary/aromatic N) is 5. The summed E-state index contributed by atoms with van der Waals surface area (Å²) in [7, 11) is -1.94. The number of aromatic nitrogens is 3. The van der Waals surface area contributed by atoms with Gasteiger partial charge < -0.3 is 9.64 Å². The van der Waals surface area contributed by atoms with Crippen molar-refractivity contribution in [2.75, 3.05) is 26.2 Å². The molecule has 1 fully saturated rings. The van der Waals surface area contributed by atoms with E-state index in [1.54, 1.807) is 24.1 Å². The zero-order valence-corrected chi connectivity index (χ0v) is 17.1. The second-order valence-corrected chi connectivity index (χ2v) is 8.89. The monoisotopic (exact) mass is 407 g/mol. The predicted octanol–water partition coefficient (Wildman–Crippen LogP) is 1.14. The van der Waals surface area contributed by atoms with Crippen LogP contribution in [0.5, 0.6) is 5.88 Å². The quantitative estimate of drug-likeness (QED) is 0.737. The van der Waals surface area contributed by atoms with Crippen LogP contribution in [0.2, 0.25) is 0 Å². The minimum absolute atomic E-state index is 0.00686. The molecular formula is C18H25N5O4S. The molecule has 0 unspecified atom stereocenters. The van der Waals surface area contributed by atoms with E-state index in [4.69, 9.17) is 4.74 Å². The Kier molecular flexibility index (Phi) is 5.99. The van der Waals surface area contributed by atoms with E-state index < -0.39 is 10.0 Å². The Bertz CT molecular complexity index is 924. The van der Waals surface area contributed by atoms with Gasteiger partial charge in [0.15, 0.2) is 0 Å². The number of hydrogen-bond acceptors (Lipinski definition) is 6. The fourth-order valence-corrected chi connectivity index (χ4v) is 4.47. The van der Waals surface area contributed by atoms with Gasteiger partial charge in [-0.1, -0.05) is 0 Å². The van der Waals surface area contributed by atoms with E-state index in [1.807, 2.05) is 13.8 Å². The highest BCUT2D eigenvalue weighted by Crippen LogP contribution is 2.18. The number of ether oxygens (including phenoxy) is 1.